The van der Waals surface area contributed by atoms with Gasteiger partial charge in [-0.05, 0) is 24.3 Å². The Bertz CT molecular complexity index is 584. The van der Waals surface area contributed by atoms with Gasteiger partial charge in [-0.15, -0.1) is 0 Å². The molecule has 7 heteroatoms. The van der Waals surface area contributed by atoms with Gasteiger partial charge in [-0.1, -0.05) is 0 Å². The van der Waals surface area contributed by atoms with E-state index in [2.05, 4.69) is 5.32 Å². The van der Waals surface area contributed by atoms with Crippen LogP contribution in [0.25, 0.3) is 0 Å². The molecule has 1 N–H and O–H groups in total. The van der Waals surface area contributed by atoms with Crippen LogP contribution < -0.4 is 15.0 Å². The highest BCUT2D eigenvalue weighted by Crippen LogP contribution is 2.27. The van der Waals surface area contributed by atoms with Crippen LogP contribution in [-0.2, 0) is 9.59 Å². The minimum atomic E-state index is -0.609. The van der Waals surface area contributed by atoms with Gasteiger partial charge >= 0.3 is 6.03 Å². The van der Waals surface area contributed by atoms with Crippen molar-refractivity contribution in [1.82, 2.24) is 10.2 Å². The third kappa shape index (κ3) is 1.78. The number of methoxy groups -OCH3 is 1. The molecule has 0 aromatic heterocycles. The Morgan fingerprint density at radius 1 is 1.20 bits per heavy atom. The highest BCUT2D eigenvalue weighted by Gasteiger charge is 2.48. The predicted octanol–water partition coefficient (Wildman–Crippen LogP) is -0.0378. The number of nitrogens with one attached hydrogen (secondary N) is 1. The SMILES string of the molecule is COc1ccc(N2C(=O)C3CNC(=O)CN3C2=O)cc1. The summed E-state index contributed by atoms with van der Waals surface area (Å²) in [6.07, 6.45) is 0. The summed E-state index contributed by atoms with van der Waals surface area (Å²) in [5.74, 6) is 0.0709. The van der Waals surface area contributed by atoms with E-state index in [9.17, 15) is 14.4 Å². The number of amides is 4. The Morgan fingerprint density at radius 2 is 1.90 bits per heavy atom. The van der Waals surface area contributed by atoms with Crippen molar-refractivity contribution in [2.75, 3.05) is 25.1 Å². The van der Waals surface area contributed by atoms with Crippen molar-refractivity contribution in [2.45, 2.75) is 6.04 Å². The molecule has 7 nitrogen and oxygen atoms in total. The molecule has 20 heavy (non-hydrogen) atoms. The average molecular weight is 275 g/mol. The van der Waals surface area contributed by atoms with E-state index >= 15 is 0 Å². The molecule has 1 atom stereocenters. The summed E-state index contributed by atoms with van der Waals surface area (Å²) in [4.78, 5) is 38.3. The zero-order chi connectivity index (χ0) is 14.3. The first-order chi connectivity index (χ1) is 9.61. The second kappa shape index (κ2) is 4.52. The first kappa shape index (κ1) is 12.5. The van der Waals surface area contributed by atoms with Gasteiger partial charge in [0.25, 0.3) is 5.91 Å². The monoisotopic (exact) mass is 275 g/mol. The fraction of sp³-hybridized carbons (Fsp3) is 0.308. The lowest BCUT2D eigenvalue weighted by Crippen LogP contribution is -2.54. The van der Waals surface area contributed by atoms with Crippen LogP contribution in [-0.4, -0.2) is 49.0 Å². The van der Waals surface area contributed by atoms with Crippen molar-refractivity contribution in [2.24, 2.45) is 0 Å². The predicted molar refractivity (Wildman–Crippen MR) is 69.4 cm³/mol. The van der Waals surface area contributed by atoms with E-state index in [0.717, 1.165) is 4.90 Å². The molecule has 1 aromatic carbocycles. The molecule has 0 bridgehead atoms. The minimum Gasteiger partial charge on any atom is -0.497 e. The van der Waals surface area contributed by atoms with Gasteiger partial charge in [0.2, 0.25) is 5.91 Å². The molecule has 2 aliphatic rings. The number of fused-ring (bicyclic) bond motifs is 1. The van der Waals surface area contributed by atoms with Crippen LogP contribution in [0.2, 0.25) is 0 Å². The molecular formula is C13H13N3O4. The third-order valence-electron chi connectivity index (χ3n) is 3.46. The summed E-state index contributed by atoms with van der Waals surface area (Å²) in [6, 6.07) is 5.57. The van der Waals surface area contributed by atoms with Crippen molar-refractivity contribution in [3.05, 3.63) is 24.3 Å². The van der Waals surface area contributed by atoms with E-state index in [1.54, 1.807) is 31.4 Å². The molecule has 3 rings (SSSR count). The number of rotatable bonds is 2. The number of ether oxygens (including phenoxy) is 1. The summed E-state index contributed by atoms with van der Waals surface area (Å²) >= 11 is 0. The second-order valence-electron chi connectivity index (χ2n) is 4.60. The zero-order valence-corrected chi connectivity index (χ0v) is 10.8. The number of imide groups is 1. The van der Waals surface area contributed by atoms with Crippen LogP contribution in [0, 0.1) is 0 Å². The van der Waals surface area contributed by atoms with Gasteiger partial charge in [0.1, 0.15) is 18.3 Å². The van der Waals surface area contributed by atoms with E-state index in [4.69, 9.17) is 4.74 Å². The zero-order valence-electron chi connectivity index (χ0n) is 10.8. The molecule has 1 aromatic rings. The number of carbonyl (C=O) groups excluding carboxylic acids is 3. The average Bonchev–Trinajstić information content (AvgIpc) is 2.71. The molecule has 2 saturated heterocycles. The molecule has 4 amide bonds. The first-order valence-corrected chi connectivity index (χ1v) is 6.17. The van der Waals surface area contributed by atoms with E-state index in [-0.39, 0.29) is 24.9 Å². The maximum Gasteiger partial charge on any atom is 0.332 e. The van der Waals surface area contributed by atoms with Gasteiger partial charge in [-0.2, -0.15) is 0 Å². The summed E-state index contributed by atoms with van der Waals surface area (Å²) < 4.78 is 5.04. The first-order valence-electron chi connectivity index (χ1n) is 6.17. The van der Waals surface area contributed by atoms with E-state index < -0.39 is 12.1 Å². The largest absolute Gasteiger partial charge is 0.497 e. The van der Waals surface area contributed by atoms with Gasteiger partial charge in [0.15, 0.2) is 0 Å². The maximum atomic E-state index is 12.3. The number of anilines is 1. The Labute approximate surface area is 115 Å². The van der Waals surface area contributed by atoms with Crippen molar-refractivity contribution in [1.29, 1.82) is 0 Å². The third-order valence-corrected chi connectivity index (χ3v) is 3.46. The normalized spacial score (nSPS) is 21.9. The number of carbonyl (C=O) groups is 3. The molecule has 0 saturated carbocycles. The standard InChI is InChI=1S/C13H13N3O4/c1-20-9-4-2-8(3-5-9)16-12(18)10-6-14-11(17)7-15(10)13(16)19/h2-5,10H,6-7H2,1H3,(H,14,17). The number of nitrogens with zero attached hydrogens (tertiary/aromatic N) is 2. The van der Waals surface area contributed by atoms with E-state index in [0.29, 0.717) is 11.4 Å². The molecule has 104 valence electrons. The number of hydrogen-bond acceptors (Lipinski definition) is 4. The molecule has 2 aliphatic heterocycles. The molecule has 0 spiro atoms. The molecule has 0 radical (unpaired) electrons. The molecule has 2 fully saturated rings. The highest BCUT2D eigenvalue weighted by molar-refractivity contribution is 6.22. The Hall–Kier alpha value is -2.57. The quantitative estimate of drug-likeness (QED) is 0.768. The number of piperazine rings is 1. The van der Waals surface area contributed by atoms with E-state index in [1.165, 1.54) is 4.90 Å². The summed E-state index contributed by atoms with van der Waals surface area (Å²) in [7, 11) is 1.54. The minimum absolute atomic E-state index is 0.0815. The Kier molecular flexibility index (Phi) is 2.81. The fourth-order valence-electron chi connectivity index (χ4n) is 2.40. The van der Waals surface area contributed by atoms with Crippen molar-refractivity contribution < 1.29 is 19.1 Å². The smallest absolute Gasteiger partial charge is 0.332 e. The topological polar surface area (TPSA) is 79.0 Å². The number of benzene rings is 1. The van der Waals surface area contributed by atoms with Gasteiger partial charge < -0.3 is 15.0 Å². The molecule has 1 unspecified atom stereocenters. The van der Waals surface area contributed by atoms with Crippen molar-refractivity contribution in [3.63, 3.8) is 0 Å². The maximum absolute atomic E-state index is 12.3. The van der Waals surface area contributed by atoms with Gasteiger partial charge in [-0.25, -0.2) is 9.69 Å². The lowest BCUT2D eigenvalue weighted by atomic mass is 10.2. The highest BCUT2D eigenvalue weighted by atomic mass is 16.5. The van der Waals surface area contributed by atoms with Crippen LogP contribution >= 0.6 is 0 Å². The van der Waals surface area contributed by atoms with Crippen molar-refractivity contribution in [3.8, 4) is 5.75 Å². The summed E-state index contributed by atoms with van der Waals surface area (Å²) in [5, 5.41) is 2.59. The Balaban J connectivity index is 1.91. The molecule has 0 aliphatic carbocycles. The fourth-order valence-corrected chi connectivity index (χ4v) is 2.40. The van der Waals surface area contributed by atoms with Gasteiger partial charge in [0, 0.05) is 6.54 Å². The lowest BCUT2D eigenvalue weighted by Gasteiger charge is -2.26. The Morgan fingerprint density at radius 3 is 2.55 bits per heavy atom. The lowest BCUT2D eigenvalue weighted by molar-refractivity contribution is -0.126. The molecular weight excluding hydrogens is 262 g/mol. The van der Waals surface area contributed by atoms with Crippen LogP contribution in [0.3, 0.4) is 0 Å². The second-order valence-corrected chi connectivity index (χ2v) is 4.60. The van der Waals surface area contributed by atoms with E-state index in [1.807, 2.05) is 0 Å². The van der Waals surface area contributed by atoms with Crippen LogP contribution in [0.5, 0.6) is 5.75 Å². The van der Waals surface area contributed by atoms with Gasteiger partial charge in [0.05, 0.1) is 12.8 Å². The van der Waals surface area contributed by atoms with Crippen LogP contribution in [0.1, 0.15) is 0 Å². The van der Waals surface area contributed by atoms with Crippen molar-refractivity contribution >= 4 is 23.5 Å². The number of urea groups is 1. The van der Waals surface area contributed by atoms with Gasteiger partial charge in [-0.3, -0.25) is 9.59 Å². The summed E-state index contributed by atoms with van der Waals surface area (Å²) in [6.45, 7) is 0.0813. The molecule has 2 heterocycles. The number of hydrogen-bond donors (Lipinski definition) is 1. The van der Waals surface area contributed by atoms with Crippen LogP contribution in [0.15, 0.2) is 24.3 Å². The summed E-state index contributed by atoms with van der Waals surface area (Å²) in [5.41, 5.74) is 0.475. The van der Waals surface area contributed by atoms with Crippen LogP contribution in [0.4, 0.5) is 10.5 Å².